The molecule has 1 rings (SSSR count). The number of carbonyl (C=O) groups excluding carboxylic acids is 1. The molecule has 0 radical (unpaired) electrons. The van der Waals surface area contributed by atoms with Crippen LogP contribution in [0.25, 0.3) is 0 Å². The third-order valence-electron chi connectivity index (χ3n) is 2.04. The Balaban J connectivity index is 0.000000265. The van der Waals surface area contributed by atoms with Crippen molar-refractivity contribution < 1.29 is 14.6 Å². The lowest BCUT2D eigenvalue weighted by atomic mass is 10.0. The van der Waals surface area contributed by atoms with Crippen LogP contribution >= 0.6 is 0 Å². The Labute approximate surface area is 92.0 Å². The van der Waals surface area contributed by atoms with E-state index >= 15 is 0 Å². The van der Waals surface area contributed by atoms with Crippen molar-refractivity contribution >= 4 is 6.47 Å². The average Bonchev–Trinajstić information content (AvgIpc) is 2.09. The van der Waals surface area contributed by atoms with E-state index in [1.807, 2.05) is 20.8 Å². The van der Waals surface area contributed by atoms with Crippen LogP contribution in [0, 0.1) is 0 Å². The molecule has 0 amide bonds. The number of aliphatic hydroxyl groups excluding tert-OH is 1. The smallest absolute Gasteiger partial charge is 0.293 e. The van der Waals surface area contributed by atoms with Crippen molar-refractivity contribution in [2.75, 3.05) is 6.54 Å². The highest BCUT2D eigenvalue weighted by atomic mass is 16.5. The lowest BCUT2D eigenvalue weighted by molar-refractivity contribution is -0.138. The van der Waals surface area contributed by atoms with Crippen LogP contribution < -0.4 is 5.32 Å². The minimum atomic E-state index is -0.318. The Morgan fingerprint density at radius 3 is 2.20 bits per heavy atom. The first-order valence-corrected chi connectivity index (χ1v) is 5.38. The molecule has 0 aromatic rings. The molecule has 1 heterocycles. The summed E-state index contributed by atoms with van der Waals surface area (Å²) in [6, 6.07) is 0.610. The highest BCUT2D eigenvalue weighted by Crippen LogP contribution is 2.05. The topological polar surface area (TPSA) is 58.6 Å². The molecule has 15 heavy (non-hydrogen) atoms. The van der Waals surface area contributed by atoms with E-state index in [4.69, 9.17) is 5.11 Å². The molecule has 1 aliphatic rings. The lowest BCUT2D eigenvalue weighted by Gasteiger charge is -2.23. The average molecular weight is 217 g/mol. The SMILES string of the molecule is CC(C)(C)OC=O.CC1CCC(O)CN1. The number of rotatable bonds is 1. The molecular weight excluding hydrogens is 194 g/mol. The van der Waals surface area contributed by atoms with E-state index in [-0.39, 0.29) is 11.7 Å². The summed E-state index contributed by atoms with van der Waals surface area (Å²) in [5.41, 5.74) is -0.318. The van der Waals surface area contributed by atoms with Crippen molar-refractivity contribution in [3.63, 3.8) is 0 Å². The summed E-state index contributed by atoms with van der Waals surface area (Å²) in [5.74, 6) is 0. The van der Waals surface area contributed by atoms with Gasteiger partial charge in [0.25, 0.3) is 6.47 Å². The van der Waals surface area contributed by atoms with E-state index in [1.165, 1.54) is 0 Å². The summed E-state index contributed by atoms with van der Waals surface area (Å²) >= 11 is 0. The molecule has 0 spiro atoms. The molecule has 2 unspecified atom stereocenters. The number of ether oxygens (including phenoxy) is 1. The molecule has 0 aliphatic carbocycles. The van der Waals surface area contributed by atoms with Crippen molar-refractivity contribution in [1.82, 2.24) is 5.32 Å². The Hall–Kier alpha value is -0.610. The van der Waals surface area contributed by atoms with E-state index in [9.17, 15) is 4.79 Å². The van der Waals surface area contributed by atoms with Gasteiger partial charge in [-0.2, -0.15) is 0 Å². The summed E-state index contributed by atoms with van der Waals surface area (Å²) in [5, 5.41) is 12.1. The van der Waals surface area contributed by atoms with Crippen molar-refractivity contribution in [1.29, 1.82) is 0 Å². The van der Waals surface area contributed by atoms with E-state index in [1.54, 1.807) is 0 Å². The molecule has 1 aliphatic heterocycles. The normalized spacial score (nSPS) is 26.2. The second kappa shape index (κ2) is 6.80. The first kappa shape index (κ1) is 14.4. The van der Waals surface area contributed by atoms with Gasteiger partial charge in [-0.05, 0) is 40.5 Å². The zero-order chi connectivity index (χ0) is 11.9. The van der Waals surface area contributed by atoms with E-state index < -0.39 is 0 Å². The number of β-amino-alcohol motifs (C(OH)–C–C–N with tert-alkyl or cyclic N) is 1. The maximum Gasteiger partial charge on any atom is 0.293 e. The fraction of sp³-hybridized carbons (Fsp3) is 0.909. The van der Waals surface area contributed by atoms with Gasteiger partial charge in [-0.3, -0.25) is 4.79 Å². The molecule has 0 aromatic heterocycles. The van der Waals surface area contributed by atoms with E-state index in [0.717, 1.165) is 19.4 Å². The van der Waals surface area contributed by atoms with Crippen LogP contribution in [0.2, 0.25) is 0 Å². The van der Waals surface area contributed by atoms with E-state index in [0.29, 0.717) is 12.5 Å². The highest BCUT2D eigenvalue weighted by Gasteiger charge is 2.13. The van der Waals surface area contributed by atoms with Gasteiger partial charge in [-0.15, -0.1) is 0 Å². The minimum Gasteiger partial charge on any atom is -0.462 e. The maximum atomic E-state index is 9.60. The van der Waals surface area contributed by atoms with Gasteiger partial charge in [0.2, 0.25) is 0 Å². The van der Waals surface area contributed by atoms with Crippen LogP contribution in [-0.4, -0.2) is 35.9 Å². The lowest BCUT2D eigenvalue weighted by Crippen LogP contribution is -2.39. The van der Waals surface area contributed by atoms with E-state index in [2.05, 4.69) is 17.0 Å². The van der Waals surface area contributed by atoms with Crippen molar-refractivity contribution in [2.45, 2.75) is 58.3 Å². The van der Waals surface area contributed by atoms with Crippen LogP contribution in [0.15, 0.2) is 0 Å². The molecule has 2 N–H and O–H groups in total. The number of hydrogen-bond acceptors (Lipinski definition) is 4. The zero-order valence-electron chi connectivity index (χ0n) is 10.1. The van der Waals surface area contributed by atoms with Gasteiger partial charge >= 0.3 is 0 Å². The number of nitrogens with one attached hydrogen (secondary N) is 1. The molecule has 0 saturated carbocycles. The Bertz CT molecular complexity index is 159. The number of piperidine rings is 1. The maximum absolute atomic E-state index is 9.60. The number of aliphatic hydroxyl groups is 1. The minimum absolute atomic E-state index is 0.0915. The van der Waals surface area contributed by atoms with Gasteiger partial charge in [0.1, 0.15) is 5.60 Å². The van der Waals surface area contributed by atoms with Gasteiger partial charge in [0.05, 0.1) is 6.10 Å². The zero-order valence-corrected chi connectivity index (χ0v) is 10.1. The van der Waals surface area contributed by atoms with Gasteiger partial charge in [0.15, 0.2) is 0 Å². The summed E-state index contributed by atoms with van der Waals surface area (Å²) in [6.45, 7) is 8.84. The number of hydrogen-bond donors (Lipinski definition) is 2. The molecule has 1 fully saturated rings. The van der Waals surface area contributed by atoms with Gasteiger partial charge in [-0.1, -0.05) is 0 Å². The fourth-order valence-corrected chi connectivity index (χ4v) is 1.13. The largest absolute Gasteiger partial charge is 0.462 e. The second-order valence-corrected chi connectivity index (χ2v) is 4.87. The van der Waals surface area contributed by atoms with Gasteiger partial charge in [-0.25, -0.2) is 0 Å². The molecule has 0 bridgehead atoms. The summed E-state index contributed by atoms with van der Waals surface area (Å²) in [7, 11) is 0. The first-order chi connectivity index (χ1) is 6.85. The third-order valence-corrected chi connectivity index (χ3v) is 2.04. The molecule has 4 nitrogen and oxygen atoms in total. The molecule has 4 heteroatoms. The number of carbonyl (C=O) groups is 1. The predicted molar refractivity (Wildman–Crippen MR) is 59.6 cm³/mol. The van der Waals surface area contributed by atoms with Gasteiger partial charge < -0.3 is 15.2 Å². The highest BCUT2D eigenvalue weighted by molar-refractivity contribution is 5.37. The Morgan fingerprint density at radius 2 is 2.00 bits per heavy atom. The second-order valence-electron chi connectivity index (χ2n) is 4.87. The monoisotopic (exact) mass is 217 g/mol. The van der Waals surface area contributed by atoms with Crippen LogP contribution in [0.5, 0.6) is 0 Å². The van der Waals surface area contributed by atoms with Crippen LogP contribution in [-0.2, 0) is 9.53 Å². The summed E-state index contributed by atoms with van der Waals surface area (Å²) in [6.07, 6.45) is 1.99. The summed E-state index contributed by atoms with van der Waals surface area (Å²) in [4.78, 5) is 9.60. The molecular formula is C11H23NO3. The Kier molecular flexibility index (Phi) is 6.52. The summed E-state index contributed by atoms with van der Waals surface area (Å²) < 4.78 is 4.55. The van der Waals surface area contributed by atoms with Crippen molar-refractivity contribution in [3.8, 4) is 0 Å². The standard InChI is InChI=1S/C6H13NO.C5H10O2/c1-5-2-3-6(8)4-7-5;1-5(2,3)7-4-6/h5-8H,2-4H2,1H3;4H,1-3H3. The quantitative estimate of drug-likeness (QED) is 0.645. The van der Waals surface area contributed by atoms with Crippen molar-refractivity contribution in [3.05, 3.63) is 0 Å². The van der Waals surface area contributed by atoms with Crippen LogP contribution in [0.3, 0.4) is 0 Å². The van der Waals surface area contributed by atoms with Crippen LogP contribution in [0.1, 0.15) is 40.5 Å². The first-order valence-electron chi connectivity index (χ1n) is 5.38. The van der Waals surface area contributed by atoms with Crippen molar-refractivity contribution in [2.24, 2.45) is 0 Å². The fourth-order valence-electron chi connectivity index (χ4n) is 1.13. The third kappa shape index (κ3) is 9.69. The molecule has 1 saturated heterocycles. The Morgan fingerprint density at radius 1 is 1.40 bits per heavy atom. The van der Waals surface area contributed by atoms with Gasteiger partial charge in [0, 0.05) is 12.6 Å². The molecule has 0 aromatic carbocycles. The molecule has 90 valence electrons. The van der Waals surface area contributed by atoms with Crippen LogP contribution in [0.4, 0.5) is 0 Å². The predicted octanol–water partition coefficient (Wildman–Crippen LogP) is 1.08. The molecule has 2 atom stereocenters.